The number of pyridine rings is 1. The molecular weight excluding hydrogens is 296 g/mol. The number of aliphatic carboxylic acids is 1. The smallest absolute Gasteiger partial charge is 0.408 e. The maximum Gasteiger partial charge on any atom is 0.408 e. The summed E-state index contributed by atoms with van der Waals surface area (Å²) < 4.78 is 5.14. The minimum absolute atomic E-state index is 0.242. The lowest BCUT2D eigenvalue weighted by Crippen LogP contribution is -2.35. The third-order valence-corrected chi connectivity index (χ3v) is 2.61. The van der Waals surface area contributed by atoms with Crippen molar-refractivity contribution < 1.29 is 19.4 Å². The van der Waals surface area contributed by atoms with E-state index in [1.165, 1.54) is 6.07 Å². The highest BCUT2D eigenvalue weighted by Crippen LogP contribution is 2.21. The summed E-state index contributed by atoms with van der Waals surface area (Å²) in [6.07, 6.45) is -0.960. The number of aromatic nitrogens is 1. The van der Waals surface area contributed by atoms with Gasteiger partial charge in [0.25, 0.3) is 0 Å². The lowest BCUT2D eigenvalue weighted by molar-refractivity contribution is -0.137. The predicted octanol–water partition coefficient (Wildman–Crippen LogP) is 3.08. The van der Waals surface area contributed by atoms with Crippen LogP contribution in [0.1, 0.15) is 44.5 Å². The Bertz CT molecular complexity index is 520. The van der Waals surface area contributed by atoms with Crippen molar-refractivity contribution >= 4 is 23.7 Å². The molecule has 0 fully saturated rings. The number of amides is 1. The van der Waals surface area contributed by atoms with E-state index in [1.54, 1.807) is 33.8 Å². The number of nitrogens with zero attached hydrogens (tertiary/aromatic N) is 1. The first-order valence-electron chi connectivity index (χ1n) is 6.42. The molecule has 0 saturated heterocycles. The van der Waals surface area contributed by atoms with Crippen LogP contribution in [0.4, 0.5) is 4.79 Å². The number of carbonyl (C=O) groups is 2. The van der Waals surface area contributed by atoms with Crippen molar-refractivity contribution in [1.29, 1.82) is 0 Å². The summed E-state index contributed by atoms with van der Waals surface area (Å²) in [5.41, 5.74) is 0.545. The Labute approximate surface area is 128 Å². The van der Waals surface area contributed by atoms with Crippen LogP contribution in [-0.2, 0) is 9.53 Å². The molecule has 21 heavy (non-hydrogen) atoms. The van der Waals surface area contributed by atoms with Gasteiger partial charge in [0.15, 0.2) is 0 Å². The average molecular weight is 315 g/mol. The number of carbonyl (C=O) groups excluding carboxylic acids is 1. The highest BCUT2D eigenvalue weighted by atomic mass is 35.5. The fourth-order valence-corrected chi connectivity index (χ4v) is 1.99. The van der Waals surface area contributed by atoms with Gasteiger partial charge in [-0.1, -0.05) is 11.6 Å². The summed E-state index contributed by atoms with van der Waals surface area (Å²) in [7, 11) is 0. The molecule has 0 radical (unpaired) electrons. The second kappa shape index (κ2) is 6.76. The molecule has 1 aromatic rings. The van der Waals surface area contributed by atoms with Crippen LogP contribution in [0.15, 0.2) is 12.1 Å². The van der Waals surface area contributed by atoms with E-state index in [4.69, 9.17) is 21.4 Å². The zero-order valence-corrected chi connectivity index (χ0v) is 13.2. The molecule has 0 aliphatic carbocycles. The Morgan fingerprint density at radius 3 is 2.52 bits per heavy atom. The molecule has 1 amide bonds. The van der Waals surface area contributed by atoms with E-state index >= 15 is 0 Å². The monoisotopic (exact) mass is 314 g/mol. The van der Waals surface area contributed by atoms with Gasteiger partial charge in [0.1, 0.15) is 10.8 Å². The zero-order valence-electron chi connectivity index (χ0n) is 12.4. The zero-order chi connectivity index (χ0) is 16.2. The molecule has 1 atom stereocenters. The molecule has 1 aromatic heterocycles. The van der Waals surface area contributed by atoms with Gasteiger partial charge in [-0.25, -0.2) is 9.78 Å². The van der Waals surface area contributed by atoms with Crippen molar-refractivity contribution in [2.45, 2.75) is 45.8 Å². The molecule has 7 heteroatoms. The molecule has 6 nitrogen and oxygen atoms in total. The van der Waals surface area contributed by atoms with Gasteiger partial charge in [0, 0.05) is 5.69 Å². The van der Waals surface area contributed by atoms with Crippen molar-refractivity contribution in [2.24, 2.45) is 0 Å². The number of carboxylic acid groups (broad SMARTS) is 1. The van der Waals surface area contributed by atoms with Crippen molar-refractivity contribution in [3.05, 3.63) is 28.5 Å². The fourth-order valence-electron chi connectivity index (χ4n) is 1.73. The fraction of sp³-hybridized carbons (Fsp3) is 0.500. The Balaban J connectivity index is 2.95. The lowest BCUT2D eigenvalue weighted by atomic mass is 10.0. The maximum absolute atomic E-state index is 11.8. The van der Waals surface area contributed by atoms with Gasteiger partial charge < -0.3 is 15.2 Å². The summed E-state index contributed by atoms with van der Waals surface area (Å²) in [6, 6.07) is 2.47. The Hall–Kier alpha value is -1.82. The highest BCUT2D eigenvalue weighted by molar-refractivity contribution is 6.29. The number of hydrogen-bond donors (Lipinski definition) is 2. The van der Waals surface area contributed by atoms with Gasteiger partial charge >= 0.3 is 12.1 Å². The molecule has 0 aliphatic rings. The minimum Gasteiger partial charge on any atom is -0.481 e. The normalized spacial score (nSPS) is 12.6. The van der Waals surface area contributed by atoms with E-state index in [0.717, 1.165) is 0 Å². The molecule has 0 aliphatic heterocycles. The van der Waals surface area contributed by atoms with Crippen molar-refractivity contribution in [3.63, 3.8) is 0 Å². The second-order valence-corrected chi connectivity index (χ2v) is 6.05. The molecular formula is C14H19ClN2O4. The maximum atomic E-state index is 11.8. The van der Waals surface area contributed by atoms with Crippen LogP contribution in [0, 0.1) is 6.92 Å². The van der Waals surface area contributed by atoms with E-state index in [-0.39, 0.29) is 11.6 Å². The Morgan fingerprint density at radius 1 is 1.43 bits per heavy atom. The van der Waals surface area contributed by atoms with E-state index in [1.807, 2.05) is 0 Å². The molecule has 1 heterocycles. The van der Waals surface area contributed by atoms with E-state index in [9.17, 15) is 9.59 Å². The number of nitrogens with one attached hydrogen (secondary N) is 1. The van der Waals surface area contributed by atoms with Gasteiger partial charge in [-0.05, 0) is 45.4 Å². The third kappa shape index (κ3) is 6.44. The molecule has 0 unspecified atom stereocenters. The van der Waals surface area contributed by atoms with Crippen LogP contribution in [0.25, 0.3) is 0 Å². The summed E-state index contributed by atoms with van der Waals surface area (Å²) in [5, 5.41) is 11.8. The number of halogens is 1. The topological polar surface area (TPSA) is 88.5 Å². The van der Waals surface area contributed by atoms with Gasteiger partial charge in [-0.3, -0.25) is 4.79 Å². The Morgan fingerprint density at radius 2 is 2.05 bits per heavy atom. The molecule has 1 rings (SSSR count). The molecule has 0 saturated carbocycles. The van der Waals surface area contributed by atoms with Crippen LogP contribution >= 0.6 is 11.6 Å². The van der Waals surface area contributed by atoms with E-state index in [2.05, 4.69) is 10.3 Å². The summed E-state index contributed by atoms with van der Waals surface area (Å²) in [5.74, 6) is -1.04. The summed E-state index contributed by atoms with van der Waals surface area (Å²) in [4.78, 5) is 26.8. The van der Waals surface area contributed by atoms with Gasteiger partial charge in [-0.2, -0.15) is 0 Å². The first-order chi connectivity index (χ1) is 9.56. The SMILES string of the molecule is Cc1cc([C@H](CC(=O)O)NC(=O)OC(C)(C)C)cc(Cl)n1. The van der Waals surface area contributed by atoms with Crippen LogP contribution < -0.4 is 5.32 Å². The van der Waals surface area contributed by atoms with Gasteiger partial charge in [-0.15, -0.1) is 0 Å². The van der Waals surface area contributed by atoms with E-state index < -0.39 is 23.7 Å². The number of aryl methyl sites for hydroxylation is 1. The minimum atomic E-state index is -1.04. The third-order valence-electron chi connectivity index (χ3n) is 2.42. The van der Waals surface area contributed by atoms with Crippen LogP contribution in [0.2, 0.25) is 5.15 Å². The molecule has 0 bridgehead atoms. The first kappa shape index (κ1) is 17.2. The number of hydrogen-bond acceptors (Lipinski definition) is 4. The van der Waals surface area contributed by atoms with Crippen LogP contribution in [0.3, 0.4) is 0 Å². The lowest BCUT2D eigenvalue weighted by Gasteiger charge is -2.23. The van der Waals surface area contributed by atoms with Gasteiger partial charge in [0.05, 0.1) is 12.5 Å². The highest BCUT2D eigenvalue weighted by Gasteiger charge is 2.23. The predicted molar refractivity (Wildman–Crippen MR) is 78.3 cm³/mol. The van der Waals surface area contributed by atoms with Crippen molar-refractivity contribution in [2.75, 3.05) is 0 Å². The number of rotatable bonds is 4. The number of carboxylic acids is 1. The molecule has 2 N–H and O–H groups in total. The van der Waals surface area contributed by atoms with Crippen LogP contribution in [-0.4, -0.2) is 27.8 Å². The number of alkyl carbamates (subject to hydrolysis) is 1. The van der Waals surface area contributed by atoms with Gasteiger partial charge in [0.2, 0.25) is 0 Å². The average Bonchev–Trinajstić information content (AvgIpc) is 2.23. The Kier molecular flexibility index (Phi) is 5.54. The van der Waals surface area contributed by atoms with Crippen molar-refractivity contribution in [3.8, 4) is 0 Å². The quantitative estimate of drug-likeness (QED) is 0.834. The standard InChI is InChI=1S/C14H19ClN2O4/c1-8-5-9(6-11(15)16-8)10(7-12(18)19)17-13(20)21-14(2,3)4/h5-6,10H,7H2,1-4H3,(H,17,20)(H,18,19)/t10-/m0/s1. The largest absolute Gasteiger partial charge is 0.481 e. The summed E-state index contributed by atoms with van der Waals surface area (Å²) >= 11 is 5.87. The molecule has 116 valence electrons. The molecule has 0 aromatic carbocycles. The summed E-state index contributed by atoms with van der Waals surface area (Å²) in [6.45, 7) is 6.92. The van der Waals surface area contributed by atoms with Crippen molar-refractivity contribution in [1.82, 2.24) is 10.3 Å². The second-order valence-electron chi connectivity index (χ2n) is 5.66. The van der Waals surface area contributed by atoms with Crippen LogP contribution in [0.5, 0.6) is 0 Å². The number of ether oxygens (including phenoxy) is 1. The van der Waals surface area contributed by atoms with E-state index in [0.29, 0.717) is 11.3 Å². The first-order valence-corrected chi connectivity index (χ1v) is 6.80. The molecule has 0 spiro atoms.